The van der Waals surface area contributed by atoms with Crippen molar-refractivity contribution in [3.05, 3.63) is 42.0 Å². The first-order valence-corrected chi connectivity index (χ1v) is 6.30. The third-order valence-electron chi connectivity index (χ3n) is 3.01. The summed E-state index contributed by atoms with van der Waals surface area (Å²) in [5.74, 6) is -0.398. The van der Waals surface area contributed by atoms with Crippen molar-refractivity contribution in [2.24, 2.45) is 7.05 Å². The van der Waals surface area contributed by atoms with Gasteiger partial charge in [0.05, 0.1) is 6.33 Å². The lowest BCUT2D eigenvalue weighted by molar-refractivity contribution is -0.274. The van der Waals surface area contributed by atoms with Crippen LogP contribution in [-0.2, 0) is 7.05 Å². The lowest BCUT2D eigenvalue weighted by atomic mass is 10.1. The standard InChI is InChI=1S/C14H8F3N5O/c1-18-13-20-10(11-12(21-13)22(2)7-19-11)8-3-5-9(6-4-8)23-14(15,16)17/h3-7H,2H3. The summed E-state index contributed by atoms with van der Waals surface area (Å²) in [7, 11) is 1.72. The Balaban J connectivity index is 2.08. The summed E-state index contributed by atoms with van der Waals surface area (Å²) in [5.41, 5.74) is 1.82. The van der Waals surface area contributed by atoms with Crippen LogP contribution in [0.25, 0.3) is 27.3 Å². The fraction of sp³-hybridized carbons (Fsp3) is 0.143. The number of rotatable bonds is 2. The Morgan fingerprint density at radius 3 is 2.48 bits per heavy atom. The van der Waals surface area contributed by atoms with Gasteiger partial charge in [0.25, 0.3) is 0 Å². The zero-order chi connectivity index (χ0) is 16.6. The van der Waals surface area contributed by atoms with E-state index < -0.39 is 6.36 Å². The molecule has 0 unspecified atom stereocenters. The van der Waals surface area contributed by atoms with Crippen molar-refractivity contribution in [1.29, 1.82) is 0 Å². The van der Waals surface area contributed by atoms with Crippen molar-refractivity contribution in [2.45, 2.75) is 6.36 Å². The van der Waals surface area contributed by atoms with E-state index in [4.69, 9.17) is 6.57 Å². The van der Waals surface area contributed by atoms with Crippen molar-refractivity contribution in [2.75, 3.05) is 0 Å². The number of fused-ring (bicyclic) bond motifs is 1. The molecule has 0 amide bonds. The van der Waals surface area contributed by atoms with Crippen LogP contribution in [0.15, 0.2) is 30.6 Å². The first-order valence-electron chi connectivity index (χ1n) is 6.30. The van der Waals surface area contributed by atoms with Gasteiger partial charge in [0.2, 0.25) is 5.65 Å². The molecular weight excluding hydrogens is 311 g/mol. The van der Waals surface area contributed by atoms with E-state index >= 15 is 0 Å². The van der Waals surface area contributed by atoms with Crippen LogP contribution in [0.1, 0.15) is 0 Å². The summed E-state index contributed by atoms with van der Waals surface area (Å²) in [6, 6.07) is 5.20. The summed E-state index contributed by atoms with van der Waals surface area (Å²) in [6.45, 7) is 7.06. The molecule has 0 atom stereocenters. The fourth-order valence-corrected chi connectivity index (χ4v) is 2.06. The minimum Gasteiger partial charge on any atom is -0.406 e. The van der Waals surface area contributed by atoms with Gasteiger partial charge in [0, 0.05) is 12.6 Å². The zero-order valence-corrected chi connectivity index (χ0v) is 11.7. The van der Waals surface area contributed by atoms with Gasteiger partial charge in [-0.15, -0.1) is 29.7 Å². The van der Waals surface area contributed by atoms with E-state index in [1.807, 2.05) is 0 Å². The Bertz CT molecular complexity index is 909. The van der Waals surface area contributed by atoms with E-state index in [0.29, 0.717) is 22.4 Å². The average molecular weight is 319 g/mol. The Labute approximate surface area is 128 Å². The molecule has 116 valence electrons. The number of aryl methyl sites for hydroxylation is 1. The van der Waals surface area contributed by atoms with E-state index in [-0.39, 0.29) is 11.7 Å². The molecule has 2 aromatic heterocycles. The first-order chi connectivity index (χ1) is 10.9. The van der Waals surface area contributed by atoms with Crippen LogP contribution in [0.2, 0.25) is 0 Å². The highest BCUT2D eigenvalue weighted by Gasteiger charge is 2.31. The van der Waals surface area contributed by atoms with E-state index in [0.717, 1.165) is 0 Å². The number of halogens is 3. The lowest BCUT2D eigenvalue weighted by Gasteiger charge is -2.08. The maximum absolute atomic E-state index is 12.2. The fourth-order valence-electron chi connectivity index (χ4n) is 2.06. The number of hydrogen-bond donors (Lipinski definition) is 0. The van der Waals surface area contributed by atoms with Crippen LogP contribution < -0.4 is 4.74 Å². The van der Waals surface area contributed by atoms with Crippen LogP contribution in [0, 0.1) is 6.57 Å². The van der Waals surface area contributed by atoms with Gasteiger partial charge in [0.1, 0.15) is 5.75 Å². The minimum absolute atomic E-state index is 0.0632. The van der Waals surface area contributed by atoms with E-state index in [1.54, 1.807) is 11.6 Å². The van der Waals surface area contributed by atoms with Gasteiger partial charge in [-0.25, -0.2) is 4.98 Å². The predicted octanol–water partition coefficient (Wildman–Crippen LogP) is 3.48. The molecule has 0 bridgehead atoms. The molecule has 0 saturated heterocycles. The number of imidazole rings is 1. The van der Waals surface area contributed by atoms with Crippen LogP contribution in [-0.4, -0.2) is 25.9 Å². The van der Waals surface area contributed by atoms with Crippen molar-refractivity contribution in [3.8, 4) is 17.0 Å². The normalized spacial score (nSPS) is 11.4. The monoisotopic (exact) mass is 319 g/mol. The molecule has 0 fully saturated rings. The third kappa shape index (κ3) is 2.91. The van der Waals surface area contributed by atoms with Crippen LogP contribution in [0.3, 0.4) is 0 Å². The number of aromatic nitrogens is 4. The van der Waals surface area contributed by atoms with E-state index in [9.17, 15) is 13.2 Å². The number of alkyl halides is 3. The Morgan fingerprint density at radius 1 is 1.17 bits per heavy atom. The Kier molecular flexibility index (Phi) is 3.37. The second-order valence-electron chi connectivity index (χ2n) is 4.58. The number of ether oxygens (including phenoxy) is 1. The van der Waals surface area contributed by atoms with Crippen molar-refractivity contribution in [1.82, 2.24) is 19.5 Å². The highest BCUT2D eigenvalue weighted by Crippen LogP contribution is 2.29. The predicted molar refractivity (Wildman–Crippen MR) is 74.7 cm³/mol. The smallest absolute Gasteiger partial charge is 0.406 e. The van der Waals surface area contributed by atoms with Gasteiger partial charge >= 0.3 is 12.3 Å². The Morgan fingerprint density at radius 2 is 1.87 bits per heavy atom. The van der Waals surface area contributed by atoms with Crippen LogP contribution in [0.4, 0.5) is 19.1 Å². The molecule has 0 aliphatic heterocycles. The van der Waals surface area contributed by atoms with Gasteiger partial charge in [0.15, 0.2) is 11.2 Å². The topological polar surface area (TPSA) is 57.2 Å². The third-order valence-corrected chi connectivity index (χ3v) is 3.01. The van der Waals surface area contributed by atoms with Gasteiger partial charge in [-0.1, -0.05) is 0 Å². The van der Waals surface area contributed by atoms with Crippen molar-refractivity contribution >= 4 is 17.1 Å². The minimum atomic E-state index is -4.75. The highest BCUT2D eigenvalue weighted by atomic mass is 19.4. The zero-order valence-electron chi connectivity index (χ0n) is 11.7. The second-order valence-corrected chi connectivity index (χ2v) is 4.58. The molecule has 1 aromatic carbocycles. The molecule has 0 saturated carbocycles. The molecule has 0 N–H and O–H groups in total. The van der Waals surface area contributed by atoms with Gasteiger partial charge in [-0.2, -0.15) is 0 Å². The highest BCUT2D eigenvalue weighted by molar-refractivity contribution is 5.88. The maximum atomic E-state index is 12.2. The second kappa shape index (κ2) is 5.24. The quantitative estimate of drug-likeness (QED) is 0.679. The molecule has 0 aliphatic carbocycles. The molecule has 6 nitrogen and oxygen atoms in total. The van der Waals surface area contributed by atoms with Crippen molar-refractivity contribution in [3.63, 3.8) is 0 Å². The molecule has 0 aliphatic rings. The largest absolute Gasteiger partial charge is 0.573 e. The van der Waals surface area contributed by atoms with Gasteiger partial charge < -0.3 is 14.1 Å². The molecule has 2 heterocycles. The van der Waals surface area contributed by atoms with E-state index in [1.165, 1.54) is 30.6 Å². The number of hydrogen-bond acceptors (Lipinski definition) is 4. The Hall–Kier alpha value is -3.15. The van der Waals surface area contributed by atoms with Gasteiger partial charge in [-0.05, 0) is 24.3 Å². The molecule has 3 rings (SSSR count). The number of benzene rings is 1. The maximum Gasteiger partial charge on any atom is 0.573 e. The molecule has 0 spiro atoms. The first kappa shape index (κ1) is 14.8. The molecule has 23 heavy (non-hydrogen) atoms. The molecule has 9 heteroatoms. The summed E-state index contributed by atoms with van der Waals surface area (Å²) < 4.78 is 42.0. The number of nitrogens with zero attached hydrogens (tertiary/aromatic N) is 5. The molecule has 3 aromatic rings. The molecular formula is C14H8F3N5O. The summed E-state index contributed by atoms with van der Waals surface area (Å²) >= 11 is 0. The van der Waals surface area contributed by atoms with E-state index in [2.05, 4.69) is 24.5 Å². The lowest BCUT2D eigenvalue weighted by Crippen LogP contribution is -2.16. The SMILES string of the molecule is [C-]#[N+]c1nc(-c2ccc(OC(F)(F)F)cc2)c2ncn(C)c2n1. The molecule has 0 radical (unpaired) electrons. The summed E-state index contributed by atoms with van der Waals surface area (Å²) in [6.07, 6.45) is -3.22. The van der Waals surface area contributed by atoms with Crippen molar-refractivity contribution < 1.29 is 17.9 Å². The van der Waals surface area contributed by atoms with Gasteiger partial charge in [-0.3, -0.25) is 0 Å². The summed E-state index contributed by atoms with van der Waals surface area (Å²) in [4.78, 5) is 15.6. The van der Waals surface area contributed by atoms with Crippen LogP contribution >= 0.6 is 0 Å². The summed E-state index contributed by atoms with van der Waals surface area (Å²) in [5, 5.41) is 0. The van der Waals surface area contributed by atoms with Crippen LogP contribution in [0.5, 0.6) is 5.75 Å². The average Bonchev–Trinajstić information content (AvgIpc) is 2.87.